The van der Waals surface area contributed by atoms with Crippen molar-refractivity contribution in [2.24, 2.45) is 7.05 Å². The fourth-order valence-electron chi connectivity index (χ4n) is 3.83. The average Bonchev–Trinajstić information content (AvgIpc) is 3.17. The van der Waals surface area contributed by atoms with Gasteiger partial charge in [0.15, 0.2) is 0 Å². The summed E-state index contributed by atoms with van der Waals surface area (Å²) in [4.78, 5) is 36.6. The molecule has 8 nitrogen and oxygen atoms in total. The lowest BCUT2D eigenvalue weighted by Crippen LogP contribution is -2.21. The Morgan fingerprint density at radius 2 is 1.85 bits per heavy atom. The smallest absolute Gasteiger partial charge is 0.354 e. The molecule has 0 unspecified atom stereocenters. The van der Waals surface area contributed by atoms with Crippen LogP contribution < -0.4 is 5.56 Å². The van der Waals surface area contributed by atoms with Gasteiger partial charge in [-0.1, -0.05) is 30.3 Å². The Bertz CT molecular complexity index is 1440. The summed E-state index contributed by atoms with van der Waals surface area (Å²) in [6.07, 6.45) is 1.41. The molecular weight excluding hydrogens is 429 g/mol. The Morgan fingerprint density at radius 1 is 1.12 bits per heavy atom. The third-order valence-corrected chi connectivity index (χ3v) is 5.35. The maximum atomic E-state index is 14.8. The first kappa shape index (κ1) is 21.9. The monoisotopic (exact) mass is 449 g/mol. The largest absolute Gasteiger partial charge is 0.461 e. The van der Waals surface area contributed by atoms with Crippen molar-refractivity contribution in [2.75, 3.05) is 6.61 Å². The predicted octanol–water partition coefficient (Wildman–Crippen LogP) is 4.28. The van der Waals surface area contributed by atoms with Crippen LogP contribution in [0.1, 0.15) is 23.0 Å². The number of ether oxygens (including phenoxy) is 1. The standard InChI is InChI=1S/C24H20FN3O5/c1-3-33-24(30)21-12-18-19(17-11-16(28(31)32)9-10-20(17)25)14-26(2)23(29)22(18)27(21)13-15-7-5-4-6-8-15/h4-12,14H,3,13H2,1-2H3. The predicted molar refractivity (Wildman–Crippen MR) is 121 cm³/mol. The number of halogens is 1. The van der Waals surface area contributed by atoms with E-state index in [0.717, 1.165) is 23.8 Å². The molecule has 0 aliphatic carbocycles. The molecule has 0 amide bonds. The van der Waals surface area contributed by atoms with Crippen molar-refractivity contribution in [2.45, 2.75) is 13.5 Å². The van der Waals surface area contributed by atoms with Crippen LogP contribution in [0.4, 0.5) is 10.1 Å². The minimum absolute atomic E-state index is 0.0444. The van der Waals surface area contributed by atoms with E-state index in [4.69, 9.17) is 4.74 Å². The van der Waals surface area contributed by atoms with Gasteiger partial charge >= 0.3 is 5.97 Å². The van der Waals surface area contributed by atoms with Gasteiger partial charge in [0.1, 0.15) is 17.0 Å². The summed E-state index contributed by atoms with van der Waals surface area (Å²) in [5.74, 6) is -1.31. The number of nitro groups is 1. The van der Waals surface area contributed by atoms with E-state index in [-0.39, 0.29) is 41.2 Å². The van der Waals surface area contributed by atoms with Crippen molar-refractivity contribution in [1.29, 1.82) is 0 Å². The molecule has 0 radical (unpaired) electrons. The highest BCUT2D eigenvalue weighted by molar-refractivity contribution is 6.01. The lowest BCUT2D eigenvalue weighted by atomic mass is 10.0. The number of nitro benzene ring substituents is 1. The number of aromatic nitrogens is 2. The van der Waals surface area contributed by atoms with Crippen molar-refractivity contribution >= 4 is 22.6 Å². The van der Waals surface area contributed by atoms with E-state index in [0.29, 0.717) is 5.39 Å². The molecule has 2 heterocycles. The van der Waals surface area contributed by atoms with Crippen molar-refractivity contribution < 1.29 is 18.8 Å². The Balaban J connectivity index is 2.06. The highest BCUT2D eigenvalue weighted by Gasteiger charge is 2.24. The van der Waals surface area contributed by atoms with E-state index in [2.05, 4.69) is 0 Å². The zero-order chi connectivity index (χ0) is 23.7. The van der Waals surface area contributed by atoms with E-state index >= 15 is 0 Å². The highest BCUT2D eigenvalue weighted by atomic mass is 19.1. The van der Waals surface area contributed by atoms with Crippen molar-refractivity contribution in [3.05, 3.63) is 98.3 Å². The van der Waals surface area contributed by atoms with E-state index in [9.17, 15) is 24.1 Å². The molecule has 2 aromatic heterocycles. The summed E-state index contributed by atoms with van der Waals surface area (Å²) in [5, 5.41) is 11.6. The number of non-ortho nitro benzene ring substituents is 1. The molecule has 0 bridgehead atoms. The third-order valence-electron chi connectivity index (χ3n) is 5.35. The van der Waals surface area contributed by atoms with Crippen LogP contribution in [0, 0.1) is 15.9 Å². The number of hydrogen-bond acceptors (Lipinski definition) is 5. The van der Waals surface area contributed by atoms with Crippen LogP contribution in [-0.4, -0.2) is 26.6 Å². The first-order valence-electron chi connectivity index (χ1n) is 10.2. The van der Waals surface area contributed by atoms with Crippen LogP contribution in [0.3, 0.4) is 0 Å². The van der Waals surface area contributed by atoms with Crippen LogP contribution in [0.15, 0.2) is 65.6 Å². The summed E-state index contributed by atoms with van der Waals surface area (Å²) in [6, 6.07) is 13.9. The van der Waals surface area contributed by atoms with Gasteiger partial charge in [-0.05, 0) is 24.6 Å². The van der Waals surface area contributed by atoms with Gasteiger partial charge in [-0.25, -0.2) is 9.18 Å². The van der Waals surface area contributed by atoms with Crippen LogP contribution in [0.5, 0.6) is 0 Å². The number of carbonyl (C=O) groups excluding carboxylic acids is 1. The molecule has 4 aromatic rings. The number of benzene rings is 2. The number of aryl methyl sites for hydroxylation is 1. The second-order valence-corrected chi connectivity index (χ2v) is 7.46. The molecule has 0 spiro atoms. The number of fused-ring (bicyclic) bond motifs is 1. The molecular formula is C24H20FN3O5. The lowest BCUT2D eigenvalue weighted by Gasteiger charge is -2.12. The van der Waals surface area contributed by atoms with E-state index in [1.165, 1.54) is 23.9 Å². The Hall–Kier alpha value is -4.27. The fourth-order valence-corrected chi connectivity index (χ4v) is 3.83. The van der Waals surface area contributed by atoms with Crippen molar-refractivity contribution in [1.82, 2.24) is 9.13 Å². The van der Waals surface area contributed by atoms with Crippen LogP contribution in [0.25, 0.3) is 22.0 Å². The summed E-state index contributed by atoms with van der Waals surface area (Å²) in [5.41, 5.74) is 0.671. The first-order chi connectivity index (χ1) is 15.8. The molecule has 33 heavy (non-hydrogen) atoms. The number of pyridine rings is 1. The van der Waals surface area contributed by atoms with Gasteiger partial charge in [-0.3, -0.25) is 14.9 Å². The molecule has 0 saturated carbocycles. The topological polar surface area (TPSA) is 96.4 Å². The summed E-state index contributed by atoms with van der Waals surface area (Å²) < 4.78 is 22.8. The second-order valence-electron chi connectivity index (χ2n) is 7.46. The van der Waals surface area contributed by atoms with Gasteiger partial charge in [-0.2, -0.15) is 0 Å². The average molecular weight is 449 g/mol. The molecule has 168 valence electrons. The number of nitrogens with zero attached hydrogens (tertiary/aromatic N) is 3. The maximum absolute atomic E-state index is 14.8. The summed E-state index contributed by atoms with van der Waals surface area (Å²) in [7, 11) is 1.50. The van der Waals surface area contributed by atoms with Gasteiger partial charge in [-0.15, -0.1) is 0 Å². The van der Waals surface area contributed by atoms with Crippen LogP contribution in [0.2, 0.25) is 0 Å². The lowest BCUT2D eigenvalue weighted by molar-refractivity contribution is -0.384. The zero-order valence-corrected chi connectivity index (χ0v) is 17.9. The number of rotatable bonds is 6. The summed E-state index contributed by atoms with van der Waals surface area (Å²) >= 11 is 0. The van der Waals surface area contributed by atoms with Crippen molar-refractivity contribution in [3.63, 3.8) is 0 Å². The Morgan fingerprint density at radius 3 is 2.52 bits per heavy atom. The number of hydrogen-bond donors (Lipinski definition) is 0. The number of esters is 1. The van der Waals surface area contributed by atoms with Gasteiger partial charge in [0, 0.05) is 48.4 Å². The molecule has 4 rings (SSSR count). The molecule has 0 aliphatic rings. The minimum Gasteiger partial charge on any atom is -0.461 e. The van der Waals surface area contributed by atoms with E-state index in [1.807, 2.05) is 30.3 Å². The molecule has 0 fully saturated rings. The zero-order valence-electron chi connectivity index (χ0n) is 17.9. The van der Waals surface area contributed by atoms with E-state index in [1.54, 1.807) is 11.5 Å². The molecule has 2 aromatic carbocycles. The van der Waals surface area contributed by atoms with Crippen LogP contribution >= 0.6 is 0 Å². The molecule has 9 heteroatoms. The fraction of sp³-hybridized carbons (Fsp3) is 0.167. The quantitative estimate of drug-likeness (QED) is 0.249. The SMILES string of the molecule is CCOC(=O)c1cc2c(-c3cc([N+](=O)[O-])ccc3F)cn(C)c(=O)c2n1Cc1ccccc1. The molecule has 0 N–H and O–H groups in total. The molecule has 0 atom stereocenters. The van der Waals surface area contributed by atoms with Gasteiger partial charge in [0.05, 0.1) is 11.5 Å². The maximum Gasteiger partial charge on any atom is 0.354 e. The van der Waals surface area contributed by atoms with Crippen molar-refractivity contribution in [3.8, 4) is 11.1 Å². The molecule has 0 aliphatic heterocycles. The highest BCUT2D eigenvalue weighted by Crippen LogP contribution is 2.33. The minimum atomic E-state index is -0.686. The first-order valence-corrected chi connectivity index (χ1v) is 10.2. The van der Waals surface area contributed by atoms with E-state index < -0.39 is 22.3 Å². The van der Waals surface area contributed by atoms with Gasteiger partial charge in [0.25, 0.3) is 11.2 Å². The molecule has 0 saturated heterocycles. The van der Waals surface area contributed by atoms with Gasteiger partial charge < -0.3 is 13.9 Å². The third kappa shape index (κ3) is 4.00. The second kappa shape index (κ2) is 8.70. The Labute approximate surface area is 187 Å². The van der Waals surface area contributed by atoms with Crippen LogP contribution in [-0.2, 0) is 18.3 Å². The number of carbonyl (C=O) groups is 1. The van der Waals surface area contributed by atoms with Gasteiger partial charge in [0.2, 0.25) is 0 Å². The Kier molecular flexibility index (Phi) is 5.78. The summed E-state index contributed by atoms with van der Waals surface area (Å²) in [6.45, 7) is 2.01. The normalized spacial score (nSPS) is 11.0.